The highest BCUT2D eigenvalue weighted by atomic mass is 35.7. The van der Waals surface area contributed by atoms with E-state index in [2.05, 4.69) is 9.97 Å². The van der Waals surface area contributed by atoms with Crippen molar-refractivity contribution in [3.05, 3.63) is 30.5 Å². The zero-order valence-electron chi connectivity index (χ0n) is 6.96. The lowest BCUT2D eigenvalue weighted by molar-refractivity contribution is 0.608. The predicted molar refractivity (Wildman–Crippen MR) is 51.5 cm³/mol. The molecule has 14 heavy (non-hydrogen) atoms. The minimum atomic E-state index is -3.55. The molecule has 0 N–H and O–H groups in total. The van der Waals surface area contributed by atoms with Crippen molar-refractivity contribution in [3.8, 4) is 0 Å². The molecular formula is C7H6ClN3O2S. The Morgan fingerprint density at radius 2 is 2.29 bits per heavy atom. The molecule has 2 rings (SSSR count). The standard InChI is InChI=1S/C7H6ClN3O2S/c8-14(12,13)4-6-3-11-5-9-2-1-7(11)10-6/h1-3,5H,4H2. The van der Waals surface area contributed by atoms with Crippen LogP contribution >= 0.6 is 10.7 Å². The summed E-state index contributed by atoms with van der Waals surface area (Å²) < 4.78 is 23.2. The molecule has 7 heteroatoms. The van der Waals surface area contributed by atoms with Crippen molar-refractivity contribution in [2.45, 2.75) is 5.75 Å². The van der Waals surface area contributed by atoms with E-state index < -0.39 is 9.05 Å². The number of rotatable bonds is 2. The van der Waals surface area contributed by atoms with E-state index in [0.29, 0.717) is 11.3 Å². The quantitative estimate of drug-likeness (QED) is 0.717. The van der Waals surface area contributed by atoms with Gasteiger partial charge in [0, 0.05) is 23.1 Å². The lowest BCUT2D eigenvalue weighted by Crippen LogP contribution is -1.94. The summed E-state index contributed by atoms with van der Waals surface area (Å²) in [5, 5.41) is 0. The van der Waals surface area contributed by atoms with Gasteiger partial charge >= 0.3 is 0 Å². The first-order valence-electron chi connectivity index (χ1n) is 3.74. The van der Waals surface area contributed by atoms with Crippen LogP contribution in [0.4, 0.5) is 0 Å². The second kappa shape index (κ2) is 3.21. The first-order valence-corrected chi connectivity index (χ1v) is 6.22. The van der Waals surface area contributed by atoms with E-state index in [1.807, 2.05) is 0 Å². The van der Waals surface area contributed by atoms with Crippen LogP contribution < -0.4 is 0 Å². The normalized spacial score (nSPS) is 12.1. The molecule has 0 unspecified atom stereocenters. The average Bonchev–Trinajstić information content (AvgIpc) is 2.42. The summed E-state index contributed by atoms with van der Waals surface area (Å²) in [5.41, 5.74) is 1.06. The van der Waals surface area contributed by atoms with Crippen molar-refractivity contribution in [2.24, 2.45) is 0 Å². The zero-order chi connectivity index (χ0) is 10.2. The molecule has 0 amide bonds. The third-order valence-corrected chi connectivity index (χ3v) is 2.60. The fourth-order valence-corrected chi connectivity index (χ4v) is 1.97. The Bertz CT molecular complexity index is 530. The Morgan fingerprint density at radius 3 is 2.93 bits per heavy atom. The van der Waals surface area contributed by atoms with Crippen LogP contribution in [-0.2, 0) is 14.8 Å². The van der Waals surface area contributed by atoms with Gasteiger partial charge in [-0.2, -0.15) is 0 Å². The van der Waals surface area contributed by atoms with Gasteiger partial charge in [-0.15, -0.1) is 0 Å². The minimum absolute atomic E-state index is 0.268. The van der Waals surface area contributed by atoms with Crippen LogP contribution in [0.15, 0.2) is 24.8 Å². The Balaban J connectivity index is 2.46. The van der Waals surface area contributed by atoms with Crippen LogP contribution in [0.2, 0.25) is 0 Å². The number of aromatic nitrogens is 3. The Kier molecular flexibility index (Phi) is 2.16. The van der Waals surface area contributed by atoms with Gasteiger partial charge in [-0.1, -0.05) is 0 Å². The number of halogens is 1. The summed E-state index contributed by atoms with van der Waals surface area (Å²) in [7, 11) is 1.55. The second-order valence-corrected chi connectivity index (χ2v) is 5.54. The van der Waals surface area contributed by atoms with Crippen LogP contribution in [-0.4, -0.2) is 22.8 Å². The highest BCUT2D eigenvalue weighted by molar-refractivity contribution is 8.13. The maximum atomic E-state index is 10.8. The first kappa shape index (κ1) is 9.42. The van der Waals surface area contributed by atoms with Crippen molar-refractivity contribution >= 4 is 25.4 Å². The Hall–Kier alpha value is -1.14. The monoisotopic (exact) mass is 231 g/mol. The van der Waals surface area contributed by atoms with E-state index in [9.17, 15) is 8.42 Å². The number of hydrogen-bond donors (Lipinski definition) is 0. The third-order valence-electron chi connectivity index (χ3n) is 1.63. The number of hydrogen-bond acceptors (Lipinski definition) is 4. The summed E-state index contributed by atoms with van der Waals surface area (Å²) in [6, 6.07) is 1.68. The molecule has 0 aliphatic heterocycles. The summed E-state index contributed by atoms with van der Waals surface area (Å²) in [4.78, 5) is 7.92. The lowest BCUT2D eigenvalue weighted by Gasteiger charge is -1.87. The average molecular weight is 232 g/mol. The minimum Gasteiger partial charge on any atom is -0.290 e. The molecule has 0 aliphatic carbocycles. The van der Waals surface area contributed by atoms with Crippen molar-refractivity contribution in [2.75, 3.05) is 0 Å². The molecular weight excluding hydrogens is 226 g/mol. The predicted octanol–water partition coefficient (Wildman–Crippen LogP) is 0.798. The van der Waals surface area contributed by atoms with Gasteiger partial charge in [0.1, 0.15) is 17.7 Å². The van der Waals surface area contributed by atoms with Gasteiger partial charge in [-0.05, 0) is 6.07 Å². The van der Waals surface area contributed by atoms with Crippen LogP contribution in [0.25, 0.3) is 5.65 Å². The summed E-state index contributed by atoms with van der Waals surface area (Å²) in [5.74, 6) is -0.268. The molecule has 0 aromatic carbocycles. The van der Waals surface area contributed by atoms with Crippen molar-refractivity contribution in [1.82, 2.24) is 14.4 Å². The van der Waals surface area contributed by atoms with E-state index in [1.165, 1.54) is 0 Å². The van der Waals surface area contributed by atoms with Gasteiger partial charge < -0.3 is 0 Å². The first-order chi connectivity index (χ1) is 6.54. The number of imidazole rings is 1. The van der Waals surface area contributed by atoms with Crippen molar-refractivity contribution in [1.29, 1.82) is 0 Å². The highest BCUT2D eigenvalue weighted by Gasteiger charge is 2.10. The van der Waals surface area contributed by atoms with Gasteiger partial charge in [0.15, 0.2) is 0 Å². The van der Waals surface area contributed by atoms with Crippen LogP contribution in [0, 0.1) is 0 Å². The van der Waals surface area contributed by atoms with E-state index >= 15 is 0 Å². The van der Waals surface area contributed by atoms with Crippen molar-refractivity contribution in [3.63, 3.8) is 0 Å². The molecule has 0 radical (unpaired) electrons. The van der Waals surface area contributed by atoms with Crippen LogP contribution in [0.1, 0.15) is 5.69 Å². The fourth-order valence-electron chi connectivity index (χ4n) is 1.14. The van der Waals surface area contributed by atoms with Crippen LogP contribution in [0.3, 0.4) is 0 Å². The van der Waals surface area contributed by atoms with E-state index in [1.54, 1.807) is 29.2 Å². The molecule has 74 valence electrons. The molecule has 0 spiro atoms. The molecule has 2 aromatic rings. The largest absolute Gasteiger partial charge is 0.290 e. The summed E-state index contributed by atoms with van der Waals surface area (Å²) in [6.07, 6.45) is 4.72. The highest BCUT2D eigenvalue weighted by Crippen LogP contribution is 2.09. The van der Waals surface area contributed by atoms with E-state index in [-0.39, 0.29) is 5.75 Å². The third kappa shape index (κ3) is 2.02. The topological polar surface area (TPSA) is 64.3 Å². The molecule has 0 saturated carbocycles. The van der Waals surface area contributed by atoms with Gasteiger partial charge in [0.05, 0.1) is 5.69 Å². The molecule has 0 fully saturated rings. The number of nitrogens with zero attached hydrogens (tertiary/aromatic N) is 3. The zero-order valence-corrected chi connectivity index (χ0v) is 8.53. The molecule has 0 atom stereocenters. The summed E-state index contributed by atoms with van der Waals surface area (Å²) >= 11 is 0. The van der Waals surface area contributed by atoms with Crippen LogP contribution in [0.5, 0.6) is 0 Å². The SMILES string of the molecule is O=S(=O)(Cl)Cc1cn2cnccc2n1. The molecule has 2 heterocycles. The van der Waals surface area contributed by atoms with E-state index in [4.69, 9.17) is 10.7 Å². The molecule has 0 bridgehead atoms. The van der Waals surface area contributed by atoms with Crippen molar-refractivity contribution < 1.29 is 8.42 Å². The number of fused-ring (bicyclic) bond motifs is 1. The van der Waals surface area contributed by atoms with Gasteiger partial charge in [0.2, 0.25) is 9.05 Å². The van der Waals surface area contributed by atoms with Gasteiger partial charge in [-0.25, -0.2) is 18.4 Å². The van der Waals surface area contributed by atoms with Gasteiger partial charge in [0.25, 0.3) is 0 Å². The molecule has 2 aromatic heterocycles. The molecule has 5 nitrogen and oxygen atoms in total. The fraction of sp³-hybridized carbons (Fsp3) is 0.143. The smallest absolute Gasteiger partial charge is 0.238 e. The molecule has 0 saturated heterocycles. The summed E-state index contributed by atoms with van der Waals surface area (Å²) in [6.45, 7) is 0. The maximum Gasteiger partial charge on any atom is 0.238 e. The Labute approximate surface area is 84.8 Å². The van der Waals surface area contributed by atoms with Gasteiger partial charge in [-0.3, -0.25) is 4.40 Å². The molecule has 0 aliphatic rings. The second-order valence-electron chi connectivity index (χ2n) is 2.76. The lowest BCUT2D eigenvalue weighted by atomic mass is 10.6. The van der Waals surface area contributed by atoms with E-state index in [0.717, 1.165) is 0 Å². The maximum absolute atomic E-state index is 10.8. The Morgan fingerprint density at radius 1 is 1.50 bits per heavy atom.